The van der Waals surface area contributed by atoms with Crippen LogP contribution < -0.4 is 11.2 Å². The highest BCUT2D eigenvalue weighted by Gasteiger charge is 2.21. The second-order valence-electron chi connectivity index (χ2n) is 4.99. The van der Waals surface area contributed by atoms with Gasteiger partial charge in [0, 0.05) is 18.6 Å². The molecule has 2 heterocycles. The molecule has 3 nitrogen and oxygen atoms in total. The average molecular weight is 290 g/mol. The van der Waals surface area contributed by atoms with E-state index in [4.69, 9.17) is 11.6 Å². The Kier molecular flexibility index (Phi) is 5.24. The predicted octanol–water partition coefficient (Wildman–Crippen LogP) is 2.43. The first-order valence-electron chi connectivity index (χ1n) is 7.14. The molecule has 0 saturated heterocycles. The van der Waals surface area contributed by atoms with Gasteiger partial charge < -0.3 is 0 Å². The number of allylic oxidation sites excluding steroid dienone is 1. The van der Waals surface area contributed by atoms with E-state index in [0.717, 1.165) is 44.5 Å². The molecular formula is C15H19BClN2O. The van der Waals surface area contributed by atoms with E-state index in [1.165, 1.54) is 0 Å². The van der Waals surface area contributed by atoms with Gasteiger partial charge in [0.15, 0.2) is 0 Å². The Balaban J connectivity index is 2.35. The first kappa shape index (κ1) is 15.1. The molecule has 0 amide bonds. The van der Waals surface area contributed by atoms with E-state index in [0.29, 0.717) is 16.1 Å². The fourth-order valence-corrected chi connectivity index (χ4v) is 2.54. The van der Waals surface area contributed by atoms with Gasteiger partial charge in [-0.3, -0.25) is 9.36 Å². The highest BCUT2D eigenvalue weighted by Crippen LogP contribution is 2.12. The molecular weight excluding hydrogens is 270 g/mol. The lowest BCUT2D eigenvalue weighted by Crippen LogP contribution is -2.35. The summed E-state index contributed by atoms with van der Waals surface area (Å²) in [5.41, 5.74) is 1.36. The minimum Gasteiger partial charge on any atom is -0.296 e. The maximum absolute atomic E-state index is 12.5. The van der Waals surface area contributed by atoms with Gasteiger partial charge in [-0.2, -0.15) is 0 Å². The average Bonchev–Trinajstić information content (AvgIpc) is 2.79. The van der Waals surface area contributed by atoms with Crippen molar-refractivity contribution in [2.24, 2.45) is 0 Å². The summed E-state index contributed by atoms with van der Waals surface area (Å²) in [6, 6.07) is 0. The molecule has 5 heteroatoms. The summed E-state index contributed by atoms with van der Waals surface area (Å²) in [7, 11) is 1.76. The smallest absolute Gasteiger partial charge is 0.260 e. The van der Waals surface area contributed by atoms with Crippen LogP contribution in [0.5, 0.6) is 0 Å². The molecule has 1 aromatic rings. The standard InChI is InChI=1S/C15H19BClN2O/c1-3-5-7-8-13-18-14-11(10-12(17)16-14)15(20)19(13)9-6-4-2/h3,10H,1,4-9H2,2H3. The molecule has 0 N–H and O–H groups in total. The molecule has 1 aromatic heterocycles. The molecule has 1 aliphatic rings. The molecule has 0 aromatic carbocycles. The van der Waals surface area contributed by atoms with Gasteiger partial charge in [-0.25, -0.2) is 4.98 Å². The van der Waals surface area contributed by atoms with Crippen molar-refractivity contribution in [3.63, 3.8) is 0 Å². The van der Waals surface area contributed by atoms with Crippen molar-refractivity contribution in [1.82, 2.24) is 9.55 Å². The zero-order valence-corrected chi connectivity index (χ0v) is 12.6. The fourth-order valence-electron chi connectivity index (χ4n) is 2.33. The van der Waals surface area contributed by atoms with Crippen LogP contribution in [0.3, 0.4) is 0 Å². The van der Waals surface area contributed by atoms with Crippen LogP contribution >= 0.6 is 11.6 Å². The number of nitrogens with zero attached hydrogens (tertiary/aromatic N) is 2. The van der Waals surface area contributed by atoms with Crippen molar-refractivity contribution < 1.29 is 0 Å². The first-order chi connectivity index (χ1) is 9.67. The number of halogens is 1. The van der Waals surface area contributed by atoms with Crippen molar-refractivity contribution in [1.29, 1.82) is 0 Å². The SMILES string of the molecule is C=CCCCc1nc2c(c(=O)n1CCCC)C=C(Cl)[B]2. The van der Waals surface area contributed by atoms with Crippen molar-refractivity contribution in [3.8, 4) is 0 Å². The minimum absolute atomic E-state index is 0.0314. The van der Waals surface area contributed by atoms with Crippen LogP contribution in [0.25, 0.3) is 6.08 Å². The Morgan fingerprint density at radius 3 is 3.00 bits per heavy atom. The lowest BCUT2D eigenvalue weighted by molar-refractivity contribution is 0.564. The predicted molar refractivity (Wildman–Crippen MR) is 85.8 cm³/mol. The van der Waals surface area contributed by atoms with Crippen molar-refractivity contribution in [3.05, 3.63) is 39.3 Å². The van der Waals surface area contributed by atoms with Gasteiger partial charge >= 0.3 is 0 Å². The molecule has 0 saturated carbocycles. The van der Waals surface area contributed by atoms with Crippen LogP contribution in [-0.4, -0.2) is 16.8 Å². The van der Waals surface area contributed by atoms with Gasteiger partial charge in [-0.05, 0) is 30.3 Å². The van der Waals surface area contributed by atoms with Gasteiger partial charge in [0.05, 0.1) is 5.56 Å². The first-order valence-corrected chi connectivity index (χ1v) is 7.51. The summed E-state index contributed by atoms with van der Waals surface area (Å²) in [6.07, 6.45) is 8.33. The summed E-state index contributed by atoms with van der Waals surface area (Å²) in [5, 5.41) is 0. The zero-order chi connectivity index (χ0) is 14.5. The van der Waals surface area contributed by atoms with E-state index < -0.39 is 0 Å². The Hall–Kier alpha value is -1.29. The molecule has 0 unspecified atom stereocenters. The highest BCUT2D eigenvalue weighted by molar-refractivity contribution is 6.76. The maximum Gasteiger partial charge on any atom is 0.260 e. The maximum atomic E-state index is 12.5. The van der Waals surface area contributed by atoms with Crippen LogP contribution in [0.15, 0.2) is 22.4 Å². The number of fused-ring (bicyclic) bond motifs is 1. The molecule has 0 fully saturated rings. The van der Waals surface area contributed by atoms with E-state index >= 15 is 0 Å². The highest BCUT2D eigenvalue weighted by atomic mass is 35.5. The number of hydrogen-bond acceptors (Lipinski definition) is 2. The summed E-state index contributed by atoms with van der Waals surface area (Å²) < 4.78 is 1.81. The van der Waals surface area contributed by atoms with Gasteiger partial charge in [0.2, 0.25) is 7.28 Å². The van der Waals surface area contributed by atoms with Crippen molar-refractivity contribution in [2.75, 3.05) is 0 Å². The number of unbranched alkanes of at least 4 members (excludes halogenated alkanes) is 2. The summed E-state index contributed by atoms with van der Waals surface area (Å²) in [5.74, 6) is 0.861. The van der Waals surface area contributed by atoms with E-state index in [2.05, 4.69) is 18.5 Å². The van der Waals surface area contributed by atoms with Crippen molar-refractivity contribution >= 4 is 30.5 Å². The van der Waals surface area contributed by atoms with E-state index in [1.807, 2.05) is 10.6 Å². The van der Waals surface area contributed by atoms with Gasteiger partial charge in [0.25, 0.3) is 5.56 Å². The van der Waals surface area contributed by atoms with Gasteiger partial charge in [-0.1, -0.05) is 19.4 Å². The summed E-state index contributed by atoms with van der Waals surface area (Å²) >= 11 is 5.99. The molecule has 0 aliphatic carbocycles. The molecule has 105 valence electrons. The van der Waals surface area contributed by atoms with Gasteiger partial charge in [0.1, 0.15) is 5.82 Å². The molecule has 1 radical (unpaired) electrons. The lowest BCUT2D eigenvalue weighted by atomic mass is 9.77. The molecule has 0 atom stereocenters. The van der Waals surface area contributed by atoms with E-state index in [-0.39, 0.29) is 5.56 Å². The van der Waals surface area contributed by atoms with Crippen LogP contribution in [0.4, 0.5) is 0 Å². The molecule has 0 bridgehead atoms. The third kappa shape index (κ3) is 3.24. The van der Waals surface area contributed by atoms with E-state index in [1.54, 1.807) is 13.4 Å². The molecule has 1 aliphatic heterocycles. The topological polar surface area (TPSA) is 34.9 Å². The summed E-state index contributed by atoms with van der Waals surface area (Å²) in [6.45, 7) is 6.57. The normalized spacial score (nSPS) is 12.8. The second-order valence-corrected chi connectivity index (χ2v) is 5.43. The quantitative estimate of drug-likeness (QED) is 0.439. The molecule has 2 rings (SSSR count). The Morgan fingerprint density at radius 2 is 2.30 bits per heavy atom. The number of rotatable bonds is 7. The van der Waals surface area contributed by atoms with Crippen LogP contribution in [0.1, 0.15) is 44.0 Å². The number of aryl methyl sites for hydroxylation is 1. The second kappa shape index (κ2) is 6.93. The zero-order valence-electron chi connectivity index (χ0n) is 11.9. The number of hydrogen-bond donors (Lipinski definition) is 0. The van der Waals surface area contributed by atoms with Crippen LogP contribution in [-0.2, 0) is 13.0 Å². The largest absolute Gasteiger partial charge is 0.296 e. The molecule has 0 spiro atoms. The van der Waals surface area contributed by atoms with Gasteiger partial charge in [-0.15, -0.1) is 18.2 Å². The monoisotopic (exact) mass is 289 g/mol. The molecule has 20 heavy (non-hydrogen) atoms. The van der Waals surface area contributed by atoms with Crippen LogP contribution in [0.2, 0.25) is 0 Å². The Labute approximate surface area is 125 Å². The minimum atomic E-state index is 0.0314. The Bertz CT molecular complexity index is 592. The third-order valence-electron chi connectivity index (χ3n) is 3.41. The fraction of sp³-hybridized carbons (Fsp3) is 0.467. The van der Waals surface area contributed by atoms with Crippen molar-refractivity contribution in [2.45, 2.75) is 45.6 Å². The lowest BCUT2D eigenvalue weighted by Gasteiger charge is -2.13. The summed E-state index contributed by atoms with van der Waals surface area (Å²) in [4.78, 5) is 17.7. The third-order valence-corrected chi connectivity index (χ3v) is 3.63. The Morgan fingerprint density at radius 1 is 1.50 bits per heavy atom. The van der Waals surface area contributed by atoms with Crippen LogP contribution in [0, 0.1) is 0 Å². The number of aromatic nitrogens is 2. The van der Waals surface area contributed by atoms with E-state index in [9.17, 15) is 4.79 Å².